The summed E-state index contributed by atoms with van der Waals surface area (Å²) in [7, 11) is 0. The highest BCUT2D eigenvalue weighted by Gasteiger charge is 2.32. The molecule has 0 aliphatic carbocycles. The van der Waals surface area contributed by atoms with Crippen LogP contribution in [-0.2, 0) is 12.7 Å². The lowest BCUT2D eigenvalue weighted by molar-refractivity contribution is -0.137. The largest absolute Gasteiger partial charge is 0.416 e. The zero-order valence-corrected chi connectivity index (χ0v) is 12.9. The molecule has 2 heterocycles. The topological polar surface area (TPSA) is 46.3 Å². The first-order valence-corrected chi connectivity index (χ1v) is 7.76. The lowest BCUT2D eigenvalue weighted by Crippen LogP contribution is -2.38. The number of carbonyl (C=O) groups excluding carboxylic acids is 1. The number of aromatic nitrogens is 1. The van der Waals surface area contributed by atoms with Crippen molar-refractivity contribution in [2.24, 2.45) is 5.92 Å². The second kappa shape index (κ2) is 6.76. The Kier molecular flexibility index (Phi) is 4.71. The average molecular weight is 338 g/mol. The first-order valence-electron chi connectivity index (χ1n) is 7.76. The summed E-state index contributed by atoms with van der Waals surface area (Å²) in [4.78, 5) is 14.7. The van der Waals surface area contributed by atoms with Gasteiger partial charge in [-0.2, -0.15) is 13.2 Å². The number of piperidine rings is 1. The average Bonchev–Trinajstić information content (AvgIpc) is 3.07. The van der Waals surface area contributed by atoms with Crippen LogP contribution in [0, 0.1) is 5.92 Å². The second-order valence-corrected chi connectivity index (χ2v) is 6.01. The minimum absolute atomic E-state index is 0.123. The van der Waals surface area contributed by atoms with Crippen LogP contribution < -0.4 is 0 Å². The predicted molar refractivity (Wildman–Crippen MR) is 80.3 cm³/mol. The molecule has 1 aliphatic rings. The van der Waals surface area contributed by atoms with Crippen molar-refractivity contribution in [3.05, 3.63) is 53.4 Å². The van der Waals surface area contributed by atoms with Crippen molar-refractivity contribution in [3.63, 3.8) is 0 Å². The summed E-state index contributed by atoms with van der Waals surface area (Å²) in [5.41, 5.74) is 0.115. The molecule has 0 amide bonds. The van der Waals surface area contributed by atoms with E-state index < -0.39 is 11.7 Å². The third-order valence-corrected chi connectivity index (χ3v) is 4.23. The molecule has 24 heavy (non-hydrogen) atoms. The molecule has 0 spiro atoms. The molecule has 1 fully saturated rings. The summed E-state index contributed by atoms with van der Waals surface area (Å²) in [5, 5.41) is 3.85. The monoisotopic (exact) mass is 338 g/mol. The summed E-state index contributed by atoms with van der Waals surface area (Å²) in [6.45, 7) is 1.92. The minimum atomic E-state index is -4.44. The van der Waals surface area contributed by atoms with Gasteiger partial charge < -0.3 is 4.52 Å². The van der Waals surface area contributed by atoms with E-state index in [0.717, 1.165) is 30.8 Å². The van der Waals surface area contributed by atoms with E-state index in [9.17, 15) is 18.0 Å². The summed E-state index contributed by atoms with van der Waals surface area (Å²) in [6.07, 6.45) is -1.44. The molecular formula is C17H17F3N2O2. The Balaban J connectivity index is 1.70. The van der Waals surface area contributed by atoms with E-state index in [4.69, 9.17) is 4.52 Å². The van der Waals surface area contributed by atoms with E-state index in [2.05, 4.69) is 10.1 Å². The molecule has 1 aromatic carbocycles. The first kappa shape index (κ1) is 16.7. The summed E-state index contributed by atoms with van der Waals surface area (Å²) in [6, 6.07) is 6.42. The fourth-order valence-corrected chi connectivity index (χ4v) is 3.05. The number of rotatable bonds is 4. The number of ketones is 1. The molecule has 128 valence electrons. The second-order valence-electron chi connectivity index (χ2n) is 6.01. The summed E-state index contributed by atoms with van der Waals surface area (Å²) < 4.78 is 43.2. The van der Waals surface area contributed by atoms with Crippen LogP contribution in [0.4, 0.5) is 13.2 Å². The Hall–Kier alpha value is -2.15. The number of alkyl halides is 3. The van der Waals surface area contributed by atoms with Crippen molar-refractivity contribution in [2.75, 3.05) is 13.1 Å². The van der Waals surface area contributed by atoms with Gasteiger partial charge in [-0.1, -0.05) is 17.3 Å². The number of halogens is 3. The maximum Gasteiger partial charge on any atom is 0.416 e. The van der Waals surface area contributed by atoms with E-state index >= 15 is 0 Å². The molecular weight excluding hydrogens is 321 g/mol. The van der Waals surface area contributed by atoms with Gasteiger partial charge in [0.25, 0.3) is 0 Å². The van der Waals surface area contributed by atoms with Gasteiger partial charge in [-0.3, -0.25) is 9.69 Å². The lowest BCUT2D eigenvalue weighted by atomic mass is 9.89. The summed E-state index contributed by atoms with van der Waals surface area (Å²) >= 11 is 0. The fourth-order valence-electron chi connectivity index (χ4n) is 3.05. The van der Waals surface area contributed by atoms with Gasteiger partial charge in [0.05, 0.1) is 11.3 Å². The number of Topliss-reactive ketones (excluding diaryl/α,β-unsaturated/α-hetero) is 1. The first-order chi connectivity index (χ1) is 11.4. The van der Waals surface area contributed by atoms with Crippen molar-refractivity contribution in [1.82, 2.24) is 10.1 Å². The standard InChI is InChI=1S/C17H17F3N2O2/c18-17(19,20)14-5-1-3-12(9-14)16(23)13-4-2-7-22(10-13)11-15-6-8-24-21-15/h1,3,5-6,8-9,13H,2,4,7,10-11H2/t13-/m0/s1. The molecule has 1 saturated heterocycles. The number of likely N-dealkylation sites (tertiary alicyclic amines) is 1. The van der Waals surface area contributed by atoms with E-state index in [1.165, 1.54) is 18.4 Å². The van der Waals surface area contributed by atoms with E-state index in [0.29, 0.717) is 19.5 Å². The molecule has 0 radical (unpaired) electrons. The van der Waals surface area contributed by atoms with Gasteiger partial charge in [-0.25, -0.2) is 0 Å². The molecule has 1 aromatic heterocycles. The Morgan fingerprint density at radius 1 is 1.33 bits per heavy atom. The molecule has 1 aliphatic heterocycles. The van der Waals surface area contributed by atoms with Crippen LogP contribution in [0.25, 0.3) is 0 Å². The zero-order chi connectivity index (χ0) is 17.2. The van der Waals surface area contributed by atoms with Crippen molar-refractivity contribution >= 4 is 5.78 Å². The van der Waals surface area contributed by atoms with E-state index in [1.54, 1.807) is 6.07 Å². The molecule has 3 rings (SSSR count). The molecule has 7 heteroatoms. The van der Waals surface area contributed by atoms with Crippen LogP contribution in [0.5, 0.6) is 0 Å². The van der Waals surface area contributed by atoms with Gasteiger partial charge >= 0.3 is 6.18 Å². The Morgan fingerprint density at radius 3 is 2.88 bits per heavy atom. The quantitative estimate of drug-likeness (QED) is 0.796. The van der Waals surface area contributed by atoms with Crippen molar-refractivity contribution in [1.29, 1.82) is 0 Å². The molecule has 1 atom stereocenters. The predicted octanol–water partition coefficient (Wildman–Crippen LogP) is 3.79. The maximum absolute atomic E-state index is 12.8. The lowest BCUT2D eigenvalue weighted by Gasteiger charge is -2.31. The van der Waals surface area contributed by atoms with Crippen LogP contribution in [0.3, 0.4) is 0 Å². The maximum atomic E-state index is 12.8. The third kappa shape index (κ3) is 3.84. The van der Waals surface area contributed by atoms with Crippen LogP contribution in [-0.4, -0.2) is 28.9 Å². The zero-order valence-electron chi connectivity index (χ0n) is 12.9. The highest BCUT2D eigenvalue weighted by atomic mass is 19.4. The third-order valence-electron chi connectivity index (χ3n) is 4.23. The van der Waals surface area contributed by atoms with Crippen LogP contribution >= 0.6 is 0 Å². The van der Waals surface area contributed by atoms with Crippen LogP contribution in [0.15, 0.2) is 41.1 Å². The van der Waals surface area contributed by atoms with Crippen molar-refractivity contribution < 1.29 is 22.5 Å². The van der Waals surface area contributed by atoms with Gasteiger partial charge in [0.2, 0.25) is 0 Å². The van der Waals surface area contributed by atoms with Gasteiger partial charge in [-0.05, 0) is 31.5 Å². The number of carbonyl (C=O) groups is 1. The highest BCUT2D eigenvalue weighted by molar-refractivity contribution is 5.98. The number of hydrogen-bond donors (Lipinski definition) is 0. The number of nitrogens with zero attached hydrogens (tertiary/aromatic N) is 2. The van der Waals surface area contributed by atoms with E-state index in [-0.39, 0.29) is 17.3 Å². The SMILES string of the molecule is O=C(c1cccc(C(F)(F)F)c1)[C@H]1CCCN(Cc2ccon2)C1. The van der Waals surface area contributed by atoms with Gasteiger partial charge in [-0.15, -0.1) is 0 Å². The Morgan fingerprint density at radius 2 is 2.17 bits per heavy atom. The fraction of sp³-hybridized carbons (Fsp3) is 0.412. The van der Waals surface area contributed by atoms with E-state index in [1.807, 2.05) is 0 Å². The van der Waals surface area contributed by atoms with Gasteiger partial charge in [0, 0.05) is 30.6 Å². The molecule has 0 saturated carbocycles. The van der Waals surface area contributed by atoms with Crippen LogP contribution in [0.1, 0.15) is 34.5 Å². The highest BCUT2D eigenvalue weighted by Crippen LogP contribution is 2.30. The number of benzene rings is 1. The van der Waals surface area contributed by atoms with Gasteiger partial charge in [0.15, 0.2) is 5.78 Å². The Labute approximate surface area is 137 Å². The van der Waals surface area contributed by atoms with Crippen molar-refractivity contribution in [2.45, 2.75) is 25.6 Å². The Bertz CT molecular complexity index is 698. The smallest absolute Gasteiger partial charge is 0.364 e. The molecule has 2 aromatic rings. The van der Waals surface area contributed by atoms with Crippen molar-refractivity contribution in [3.8, 4) is 0 Å². The summed E-state index contributed by atoms with van der Waals surface area (Å²) in [5.74, 6) is -0.528. The molecule has 0 bridgehead atoms. The van der Waals surface area contributed by atoms with Crippen LogP contribution in [0.2, 0.25) is 0 Å². The molecule has 4 nitrogen and oxygen atoms in total. The molecule has 0 N–H and O–H groups in total. The van der Waals surface area contributed by atoms with Gasteiger partial charge in [0.1, 0.15) is 6.26 Å². The molecule has 0 unspecified atom stereocenters. The normalized spacial score (nSPS) is 19.4. The minimum Gasteiger partial charge on any atom is -0.364 e. The number of hydrogen-bond acceptors (Lipinski definition) is 4.